The van der Waals surface area contributed by atoms with E-state index in [2.05, 4.69) is 27.4 Å². The molecule has 0 radical (unpaired) electrons. The topological polar surface area (TPSA) is 73.9 Å². The normalized spacial score (nSPS) is 27.1. The van der Waals surface area contributed by atoms with Gasteiger partial charge < -0.3 is 25.2 Å². The van der Waals surface area contributed by atoms with Gasteiger partial charge in [-0.25, -0.2) is 0 Å². The van der Waals surface area contributed by atoms with Gasteiger partial charge in [-0.1, -0.05) is 30.7 Å². The monoisotopic (exact) mass is 488 g/mol. The van der Waals surface area contributed by atoms with Gasteiger partial charge >= 0.3 is 0 Å². The molecule has 3 aliphatic rings. The van der Waals surface area contributed by atoms with Crippen molar-refractivity contribution in [3.8, 4) is 0 Å². The molecule has 1 aromatic carbocycles. The fourth-order valence-corrected chi connectivity index (χ4v) is 5.28. The molecule has 3 fully saturated rings. The number of halogens is 1. The zero-order valence-electron chi connectivity index (χ0n) is 20.1. The average molecular weight is 489 g/mol. The highest BCUT2D eigenvalue weighted by Gasteiger charge is 2.40. The molecule has 2 aliphatic heterocycles. The lowest BCUT2D eigenvalue weighted by atomic mass is 9.82. The third-order valence-corrected chi connectivity index (χ3v) is 7.35. The molecule has 3 atom stereocenters. The van der Waals surface area contributed by atoms with Gasteiger partial charge in [0.2, 0.25) is 5.91 Å². The Morgan fingerprint density at radius 1 is 1.15 bits per heavy atom. The lowest BCUT2D eigenvalue weighted by Gasteiger charge is -2.39. The first-order valence-corrected chi connectivity index (χ1v) is 13.1. The number of hydrogen-bond acceptors (Lipinski definition) is 5. The Balaban J connectivity index is 1.18. The van der Waals surface area contributed by atoms with Crippen LogP contribution in [0.4, 0.5) is 0 Å². The van der Waals surface area contributed by atoms with Crippen molar-refractivity contribution in [2.45, 2.75) is 51.2 Å². The van der Waals surface area contributed by atoms with Crippen molar-refractivity contribution in [1.82, 2.24) is 20.4 Å². The smallest absolute Gasteiger partial charge is 0.286 e. The predicted octanol–water partition coefficient (Wildman–Crippen LogP) is 2.90. The standard InChI is InChI=1S/C26H37ClN4O3/c1-2-11-30-13-15-31(16-14-30)12-3-10-28-25(32)20-6-9-23-22(18-20)29-26(33)24(34-23)17-19-4-7-21(27)8-5-19/h4-5,7-8,17,20,22-23H,2-3,6,9-16,18H2,1H3,(H,28,32)(H,29,33)/b24-17-. The molecule has 34 heavy (non-hydrogen) atoms. The van der Waals surface area contributed by atoms with Crippen molar-refractivity contribution < 1.29 is 14.3 Å². The first-order valence-electron chi connectivity index (χ1n) is 12.7. The summed E-state index contributed by atoms with van der Waals surface area (Å²) >= 11 is 5.94. The third-order valence-electron chi connectivity index (χ3n) is 7.10. The molecule has 2 amide bonds. The van der Waals surface area contributed by atoms with E-state index in [1.165, 1.54) is 13.0 Å². The molecule has 2 saturated heterocycles. The molecule has 186 valence electrons. The van der Waals surface area contributed by atoms with Crippen LogP contribution < -0.4 is 10.6 Å². The minimum Gasteiger partial charge on any atom is -0.483 e. The molecule has 2 N–H and O–H groups in total. The first-order chi connectivity index (χ1) is 16.5. The molecule has 1 aromatic rings. The van der Waals surface area contributed by atoms with Crippen LogP contribution in [0.1, 0.15) is 44.6 Å². The number of rotatable bonds is 8. The van der Waals surface area contributed by atoms with Gasteiger partial charge in [-0.3, -0.25) is 9.59 Å². The highest BCUT2D eigenvalue weighted by atomic mass is 35.5. The lowest BCUT2D eigenvalue weighted by molar-refractivity contribution is -0.134. The highest BCUT2D eigenvalue weighted by Crippen LogP contribution is 2.31. The Hall–Kier alpha value is -2.09. The van der Waals surface area contributed by atoms with Crippen LogP contribution in [0.2, 0.25) is 5.02 Å². The number of nitrogens with one attached hydrogen (secondary N) is 2. The van der Waals surface area contributed by atoms with Gasteiger partial charge in [0, 0.05) is 43.7 Å². The largest absolute Gasteiger partial charge is 0.483 e. The highest BCUT2D eigenvalue weighted by molar-refractivity contribution is 6.30. The molecular weight excluding hydrogens is 452 g/mol. The molecule has 0 bridgehead atoms. The van der Waals surface area contributed by atoms with Gasteiger partial charge in [0.1, 0.15) is 6.10 Å². The van der Waals surface area contributed by atoms with Crippen LogP contribution in [0.5, 0.6) is 0 Å². The van der Waals surface area contributed by atoms with Crippen LogP contribution >= 0.6 is 11.6 Å². The van der Waals surface area contributed by atoms with Crippen molar-refractivity contribution in [3.05, 3.63) is 40.6 Å². The second-order valence-corrected chi connectivity index (χ2v) is 10.1. The summed E-state index contributed by atoms with van der Waals surface area (Å²) in [5.41, 5.74) is 0.865. The molecule has 8 heteroatoms. The number of piperazine rings is 1. The van der Waals surface area contributed by atoms with Gasteiger partial charge in [-0.2, -0.15) is 0 Å². The van der Waals surface area contributed by atoms with Crippen LogP contribution in [0.3, 0.4) is 0 Å². The van der Waals surface area contributed by atoms with Crippen molar-refractivity contribution >= 4 is 29.5 Å². The van der Waals surface area contributed by atoms with Gasteiger partial charge in [0.05, 0.1) is 6.04 Å². The molecule has 7 nitrogen and oxygen atoms in total. The van der Waals surface area contributed by atoms with Gasteiger partial charge in [-0.05, 0) is 69.0 Å². The van der Waals surface area contributed by atoms with Crippen LogP contribution in [-0.2, 0) is 14.3 Å². The van der Waals surface area contributed by atoms with E-state index in [0.717, 1.165) is 57.5 Å². The van der Waals surface area contributed by atoms with Crippen molar-refractivity contribution in [2.75, 3.05) is 45.8 Å². The molecule has 0 spiro atoms. The number of hydrogen-bond donors (Lipinski definition) is 2. The predicted molar refractivity (Wildman–Crippen MR) is 134 cm³/mol. The van der Waals surface area contributed by atoms with E-state index in [1.54, 1.807) is 18.2 Å². The summed E-state index contributed by atoms with van der Waals surface area (Å²) in [6, 6.07) is 7.15. The molecular formula is C26H37ClN4O3. The van der Waals surface area contributed by atoms with E-state index in [-0.39, 0.29) is 29.9 Å². The Morgan fingerprint density at radius 3 is 2.56 bits per heavy atom. The fraction of sp³-hybridized carbons (Fsp3) is 0.615. The molecule has 1 saturated carbocycles. The number of ether oxygens (including phenoxy) is 1. The van der Waals surface area contributed by atoms with Crippen LogP contribution in [0.15, 0.2) is 30.0 Å². The maximum atomic E-state index is 12.7. The number of nitrogens with zero attached hydrogens (tertiary/aromatic N) is 2. The summed E-state index contributed by atoms with van der Waals surface area (Å²) < 4.78 is 6.03. The molecule has 1 aliphatic carbocycles. The van der Waals surface area contributed by atoms with E-state index in [9.17, 15) is 9.59 Å². The number of carbonyl (C=O) groups excluding carboxylic acids is 2. The second-order valence-electron chi connectivity index (χ2n) is 9.63. The number of carbonyl (C=O) groups is 2. The number of morpholine rings is 1. The molecule has 2 heterocycles. The van der Waals surface area contributed by atoms with E-state index in [4.69, 9.17) is 16.3 Å². The van der Waals surface area contributed by atoms with Crippen LogP contribution in [0.25, 0.3) is 6.08 Å². The number of amides is 2. The summed E-state index contributed by atoms with van der Waals surface area (Å²) in [5.74, 6) is 0.116. The lowest BCUT2D eigenvalue weighted by Crippen LogP contribution is -2.54. The quantitative estimate of drug-likeness (QED) is 0.435. The average Bonchev–Trinajstić information content (AvgIpc) is 2.84. The molecule has 3 unspecified atom stereocenters. The number of benzene rings is 1. The summed E-state index contributed by atoms with van der Waals surface area (Å²) in [5, 5.41) is 6.83. The fourth-order valence-electron chi connectivity index (χ4n) is 5.15. The van der Waals surface area contributed by atoms with E-state index < -0.39 is 0 Å². The summed E-state index contributed by atoms with van der Waals surface area (Å²) in [7, 11) is 0. The summed E-state index contributed by atoms with van der Waals surface area (Å²) in [6.45, 7) is 9.69. The Kier molecular flexibility index (Phi) is 8.86. The zero-order valence-corrected chi connectivity index (χ0v) is 20.9. The van der Waals surface area contributed by atoms with Gasteiger partial charge in [0.15, 0.2) is 5.76 Å². The van der Waals surface area contributed by atoms with Crippen LogP contribution in [-0.4, -0.2) is 79.6 Å². The zero-order chi connectivity index (χ0) is 23.9. The summed E-state index contributed by atoms with van der Waals surface area (Å²) in [6.07, 6.45) is 5.98. The van der Waals surface area contributed by atoms with Crippen molar-refractivity contribution in [1.29, 1.82) is 0 Å². The Bertz CT molecular complexity index is 867. The van der Waals surface area contributed by atoms with E-state index in [1.807, 2.05) is 12.1 Å². The third kappa shape index (κ3) is 6.74. The Morgan fingerprint density at radius 2 is 1.85 bits per heavy atom. The molecule has 0 aromatic heterocycles. The van der Waals surface area contributed by atoms with Gasteiger partial charge in [0.25, 0.3) is 5.91 Å². The van der Waals surface area contributed by atoms with E-state index >= 15 is 0 Å². The number of fused-ring (bicyclic) bond motifs is 1. The maximum absolute atomic E-state index is 12.7. The maximum Gasteiger partial charge on any atom is 0.286 e. The van der Waals surface area contributed by atoms with E-state index in [0.29, 0.717) is 23.7 Å². The molecule has 4 rings (SSSR count). The second kappa shape index (κ2) is 12.0. The minimum absolute atomic E-state index is 0.0791. The van der Waals surface area contributed by atoms with Crippen molar-refractivity contribution in [2.24, 2.45) is 5.92 Å². The Labute approximate surface area is 207 Å². The SMILES string of the molecule is CCCN1CCN(CCCNC(=O)C2CCC3O/C(=C\c4ccc(Cl)cc4)C(=O)NC3C2)CC1. The summed E-state index contributed by atoms with van der Waals surface area (Å²) in [4.78, 5) is 30.3. The van der Waals surface area contributed by atoms with Crippen LogP contribution in [0, 0.1) is 5.92 Å². The van der Waals surface area contributed by atoms with Crippen molar-refractivity contribution in [3.63, 3.8) is 0 Å². The minimum atomic E-state index is -0.226. The first kappa shape index (κ1) is 25.0. The van der Waals surface area contributed by atoms with Gasteiger partial charge in [-0.15, -0.1) is 0 Å².